The summed E-state index contributed by atoms with van der Waals surface area (Å²) in [7, 11) is 0. The van der Waals surface area contributed by atoms with Gasteiger partial charge in [-0.2, -0.15) is 0 Å². The molecule has 2 saturated heterocycles. The quantitative estimate of drug-likeness (QED) is 0.744. The van der Waals surface area contributed by atoms with Crippen molar-refractivity contribution in [1.82, 2.24) is 4.90 Å². The Morgan fingerprint density at radius 3 is 2.69 bits per heavy atom. The van der Waals surface area contributed by atoms with E-state index in [1.54, 1.807) is 6.07 Å². The zero-order chi connectivity index (χ0) is 18.4. The van der Waals surface area contributed by atoms with Crippen LogP contribution in [0.3, 0.4) is 0 Å². The third-order valence-electron chi connectivity index (χ3n) is 4.72. The van der Waals surface area contributed by atoms with E-state index in [4.69, 9.17) is 18.9 Å². The van der Waals surface area contributed by atoms with Gasteiger partial charge in [0.25, 0.3) is 5.91 Å². The Morgan fingerprint density at radius 2 is 1.96 bits per heavy atom. The molecule has 0 spiro atoms. The maximum absolute atomic E-state index is 13.2. The number of hydrogen-bond acceptors (Lipinski definition) is 5. The fourth-order valence-corrected chi connectivity index (χ4v) is 3.50. The molecule has 3 rings (SSSR count). The second-order valence-corrected chi connectivity index (χ2v) is 6.61. The van der Waals surface area contributed by atoms with Crippen LogP contribution in [0.5, 0.6) is 11.5 Å². The predicted molar refractivity (Wildman–Crippen MR) is 97.8 cm³/mol. The van der Waals surface area contributed by atoms with Gasteiger partial charge in [-0.15, -0.1) is 0 Å². The number of piperidine rings is 1. The van der Waals surface area contributed by atoms with Gasteiger partial charge in [0.2, 0.25) is 0 Å². The van der Waals surface area contributed by atoms with Crippen molar-refractivity contribution in [2.75, 3.05) is 33.0 Å². The molecular formula is C20H29NO5. The first kappa shape index (κ1) is 19.0. The van der Waals surface area contributed by atoms with Crippen LogP contribution in [0.4, 0.5) is 0 Å². The number of nitrogens with zero attached hydrogens (tertiary/aromatic N) is 1. The average molecular weight is 363 g/mol. The first-order valence-corrected chi connectivity index (χ1v) is 9.68. The molecule has 0 aromatic heterocycles. The number of ether oxygens (including phenoxy) is 4. The maximum atomic E-state index is 13.2. The summed E-state index contributed by atoms with van der Waals surface area (Å²) >= 11 is 0. The van der Waals surface area contributed by atoms with E-state index in [9.17, 15) is 4.79 Å². The number of benzene rings is 1. The van der Waals surface area contributed by atoms with Gasteiger partial charge in [0.1, 0.15) is 0 Å². The molecule has 0 radical (unpaired) electrons. The van der Waals surface area contributed by atoms with E-state index < -0.39 is 0 Å². The second kappa shape index (κ2) is 9.24. The van der Waals surface area contributed by atoms with Gasteiger partial charge in [0.15, 0.2) is 17.8 Å². The van der Waals surface area contributed by atoms with Crippen molar-refractivity contribution in [3.05, 3.63) is 23.8 Å². The lowest BCUT2D eigenvalue weighted by molar-refractivity contribution is -0.100. The number of carbonyl (C=O) groups is 1. The van der Waals surface area contributed by atoms with Crippen LogP contribution in [0, 0.1) is 0 Å². The molecule has 0 bridgehead atoms. The zero-order valence-corrected chi connectivity index (χ0v) is 15.7. The van der Waals surface area contributed by atoms with Crippen LogP contribution in [0.15, 0.2) is 18.2 Å². The van der Waals surface area contributed by atoms with Crippen LogP contribution < -0.4 is 9.47 Å². The lowest BCUT2D eigenvalue weighted by Crippen LogP contribution is -2.50. The molecule has 144 valence electrons. The molecule has 6 heteroatoms. The molecule has 1 unspecified atom stereocenters. The first-order valence-electron chi connectivity index (χ1n) is 9.68. The smallest absolute Gasteiger partial charge is 0.254 e. The second-order valence-electron chi connectivity index (χ2n) is 6.61. The third kappa shape index (κ3) is 4.30. The minimum atomic E-state index is -0.308. The number of likely N-dealkylation sites (tertiary alicyclic amines) is 1. The lowest BCUT2D eigenvalue weighted by atomic mass is 10.00. The summed E-state index contributed by atoms with van der Waals surface area (Å²) < 4.78 is 22.8. The van der Waals surface area contributed by atoms with Crippen LogP contribution in [-0.2, 0) is 9.47 Å². The molecule has 0 aliphatic carbocycles. The molecule has 6 nitrogen and oxygen atoms in total. The summed E-state index contributed by atoms with van der Waals surface area (Å²) in [5.41, 5.74) is 0.613. The first-order chi connectivity index (χ1) is 12.7. The monoisotopic (exact) mass is 363 g/mol. The topological polar surface area (TPSA) is 57.2 Å². The highest BCUT2D eigenvalue weighted by Gasteiger charge is 2.36. The van der Waals surface area contributed by atoms with E-state index in [1.165, 1.54) is 0 Å². The van der Waals surface area contributed by atoms with Gasteiger partial charge in [-0.3, -0.25) is 4.79 Å². The lowest BCUT2D eigenvalue weighted by Gasteiger charge is -2.38. The SMILES string of the molecule is CCCOc1ccc(C(=O)N2CCCCC2C2OCCO2)cc1OCC. The van der Waals surface area contributed by atoms with E-state index in [-0.39, 0.29) is 18.2 Å². The minimum Gasteiger partial charge on any atom is -0.490 e. The molecular weight excluding hydrogens is 334 g/mol. The number of amides is 1. The Labute approximate surface area is 155 Å². The molecule has 1 amide bonds. The summed E-state index contributed by atoms with van der Waals surface area (Å²) in [5.74, 6) is 1.30. The summed E-state index contributed by atoms with van der Waals surface area (Å²) in [6.45, 7) is 7.05. The number of carbonyl (C=O) groups excluding carboxylic acids is 1. The van der Waals surface area contributed by atoms with Gasteiger partial charge in [-0.1, -0.05) is 6.92 Å². The van der Waals surface area contributed by atoms with Gasteiger partial charge in [0, 0.05) is 12.1 Å². The van der Waals surface area contributed by atoms with Gasteiger partial charge < -0.3 is 23.8 Å². The number of rotatable bonds is 7. The molecule has 1 aromatic rings. The highest BCUT2D eigenvalue weighted by Crippen LogP contribution is 2.31. The third-order valence-corrected chi connectivity index (χ3v) is 4.72. The summed E-state index contributed by atoms with van der Waals surface area (Å²) in [6, 6.07) is 5.41. The van der Waals surface area contributed by atoms with Crippen LogP contribution >= 0.6 is 0 Å². The van der Waals surface area contributed by atoms with Crippen LogP contribution in [0.25, 0.3) is 0 Å². The van der Waals surface area contributed by atoms with Crippen molar-refractivity contribution in [3.63, 3.8) is 0 Å². The van der Waals surface area contributed by atoms with E-state index in [0.29, 0.717) is 43.5 Å². The Hall–Kier alpha value is -1.79. The van der Waals surface area contributed by atoms with Gasteiger partial charge in [-0.05, 0) is 50.8 Å². The highest BCUT2D eigenvalue weighted by atomic mass is 16.7. The molecule has 2 aliphatic heterocycles. The fraction of sp³-hybridized carbons (Fsp3) is 0.650. The molecule has 1 atom stereocenters. The maximum Gasteiger partial charge on any atom is 0.254 e. The molecule has 26 heavy (non-hydrogen) atoms. The van der Waals surface area contributed by atoms with E-state index in [1.807, 2.05) is 24.0 Å². The molecule has 2 aliphatic rings. The Morgan fingerprint density at radius 1 is 1.15 bits per heavy atom. The molecule has 0 saturated carbocycles. The Bertz CT molecular complexity index is 600. The fourth-order valence-electron chi connectivity index (χ4n) is 3.50. The van der Waals surface area contributed by atoms with Crippen LogP contribution in [0.1, 0.15) is 49.9 Å². The van der Waals surface area contributed by atoms with E-state index >= 15 is 0 Å². The predicted octanol–water partition coefficient (Wildman–Crippen LogP) is 3.24. The van der Waals surface area contributed by atoms with Crippen molar-refractivity contribution in [2.45, 2.75) is 51.9 Å². The van der Waals surface area contributed by atoms with Gasteiger partial charge >= 0.3 is 0 Å². The Kier molecular flexibility index (Phi) is 6.74. The summed E-state index contributed by atoms with van der Waals surface area (Å²) in [6.07, 6.45) is 3.62. The normalized spacial score (nSPS) is 21.0. The Balaban J connectivity index is 1.79. The minimum absolute atomic E-state index is 0.00297. The van der Waals surface area contributed by atoms with Gasteiger partial charge in [-0.25, -0.2) is 0 Å². The van der Waals surface area contributed by atoms with Crippen molar-refractivity contribution < 1.29 is 23.7 Å². The van der Waals surface area contributed by atoms with Crippen molar-refractivity contribution >= 4 is 5.91 Å². The van der Waals surface area contributed by atoms with Crippen LogP contribution in [-0.4, -0.2) is 56.1 Å². The van der Waals surface area contributed by atoms with Gasteiger partial charge in [0.05, 0.1) is 32.5 Å². The standard InChI is InChI=1S/C20H29NO5/c1-3-11-24-17-9-8-15(14-18(17)23-4-2)19(22)21-10-6-5-7-16(21)20-25-12-13-26-20/h8-9,14,16,20H,3-7,10-13H2,1-2H3. The van der Waals surface area contributed by atoms with Crippen molar-refractivity contribution in [3.8, 4) is 11.5 Å². The zero-order valence-electron chi connectivity index (χ0n) is 15.7. The van der Waals surface area contributed by atoms with E-state index in [0.717, 1.165) is 32.2 Å². The molecule has 2 fully saturated rings. The van der Waals surface area contributed by atoms with Crippen molar-refractivity contribution in [1.29, 1.82) is 0 Å². The van der Waals surface area contributed by atoms with E-state index in [2.05, 4.69) is 6.92 Å². The molecule has 1 aromatic carbocycles. The average Bonchev–Trinajstić information content (AvgIpc) is 3.21. The van der Waals surface area contributed by atoms with Crippen molar-refractivity contribution in [2.24, 2.45) is 0 Å². The number of hydrogen-bond donors (Lipinski definition) is 0. The largest absolute Gasteiger partial charge is 0.490 e. The molecule has 2 heterocycles. The summed E-state index contributed by atoms with van der Waals surface area (Å²) in [5, 5.41) is 0. The van der Waals surface area contributed by atoms with Crippen LogP contribution in [0.2, 0.25) is 0 Å². The summed E-state index contributed by atoms with van der Waals surface area (Å²) in [4.78, 5) is 15.1. The highest BCUT2D eigenvalue weighted by molar-refractivity contribution is 5.95. The molecule has 0 N–H and O–H groups in total.